The topological polar surface area (TPSA) is 87.0 Å². The molecule has 2 radical (unpaired) electrons. The lowest BCUT2D eigenvalue weighted by atomic mass is 9.43. The van der Waals surface area contributed by atoms with Crippen LogP contribution in [0.15, 0.2) is 11.6 Å². The molecule has 0 aromatic heterocycles. The number of esters is 1. The molecule has 0 aromatic rings. The number of carbonyl (C=O) groups is 1. The average Bonchev–Trinajstić information content (AvgIpc) is 2.98. The van der Waals surface area contributed by atoms with Crippen LogP contribution in [-0.2, 0) is 9.53 Å². The number of rotatable bonds is 4. The Hall–Kier alpha value is -0.910. The van der Waals surface area contributed by atoms with E-state index in [2.05, 4.69) is 20.8 Å². The first kappa shape index (κ1) is 22.3. The summed E-state index contributed by atoms with van der Waals surface area (Å²) in [6, 6.07) is 0. The summed E-state index contributed by atoms with van der Waals surface area (Å²) in [6.07, 6.45) is 6.83. The van der Waals surface area contributed by atoms with Crippen molar-refractivity contribution in [3.63, 3.8) is 0 Å². The van der Waals surface area contributed by atoms with Crippen molar-refractivity contribution in [2.75, 3.05) is 7.11 Å². The molecule has 5 heteroatoms. The molecule has 0 amide bonds. The van der Waals surface area contributed by atoms with E-state index < -0.39 is 12.2 Å². The first-order valence-electron chi connectivity index (χ1n) is 11.7. The standard InChI is InChI=1S/C25H38O5/c1-14(5-6-21(29)30-4)18-13-20(28)23-22-17(8-10-25(18,23)3)24(2)9-7-16(26)11-15(24)12-19(22)27/h13-16,19-20,22,26-28H,5-12H2,1-4H3/t14-,15+,16-,19-,20+,22+,24+,25-/m1/s1. The summed E-state index contributed by atoms with van der Waals surface area (Å²) < 4.78 is 4.80. The Bertz CT molecular complexity index is 704. The lowest BCUT2D eigenvalue weighted by molar-refractivity contribution is -0.140. The molecule has 3 fully saturated rings. The van der Waals surface area contributed by atoms with Gasteiger partial charge in [0.15, 0.2) is 0 Å². The molecule has 0 aromatic carbocycles. The van der Waals surface area contributed by atoms with Gasteiger partial charge >= 0.3 is 5.97 Å². The third-order valence-electron chi connectivity index (χ3n) is 9.17. The lowest BCUT2D eigenvalue weighted by Crippen LogP contribution is -2.58. The Kier molecular flexibility index (Phi) is 5.87. The average molecular weight is 419 g/mol. The number of ether oxygens (including phenoxy) is 1. The lowest BCUT2D eigenvalue weighted by Gasteiger charge is -2.61. The quantitative estimate of drug-likeness (QED) is 0.481. The molecule has 4 aliphatic rings. The predicted molar refractivity (Wildman–Crippen MR) is 114 cm³/mol. The molecule has 0 saturated heterocycles. The van der Waals surface area contributed by atoms with Gasteiger partial charge < -0.3 is 20.1 Å². The Morgan fingerprint density at radius 1 is 1.23 bits per heavy atom. The monoisotopic (exact) mass is 418 g/mol. The van der Waals surface area contributed by atoms with Crippen molar-refractivity contribution < 1.29 is 24.9 Å². The van der Waals surface area contributed by atoms with Crippen LogP contribution in [0.25, 0.3) is 0 Å². The molecule has 5 nitrogen and oxygen atoms in total. The minimum atomic E-state index is -0.644. The van der Waals surface area contributed by atoms with Gasteiger partial charge in [-0.1, -0.05) is 32.4 Å². The molecule has 4 rings (SSSR count). The van der Waals surface area contributed by atoms with Crippen LogP contribution < -0.4 is 0 Å². The maximum absolute atomic E-state index is 11.6. The second-order valence-corrected chi connectivity index (χ2v) is 10.7. The summed E-state index contributed by atoms with van der Waals surface area (Å²) in [7, 11) is 1.42. The van der Waals surface area contributed by atoms with Crippen molar-refractivity contribution in [1.29, 1.82) is 0 Å². The molecule has 3 saturated carbocycles. The molecule has 0 heterocycles. The van der Waals surface area contributed by atoms with E-state index in [0.717, 1.165) is 38.0 Å². The van der Waals surface area contributed by atoms with Gasteiger partial charge in [-0.2, -0.15) is 0 Å². The van der Waals surface area contributed by atoms with E-state index in [4.69, 9.17) is 4.74 Å². The fourth-order valence-electron chi connectivity index (χ4n) is 7.44. The highest BCUT2D eigenvalue weighted by Gasteiger charge is 2.63. The largest absolute Gasteiger partial charge is 0.469 e. The van der Waals surface area contributed by atoms with Gasteiger partial charge in [0.1, 0.15) is 0 Å². The molecule has 0 spiro atoms. The van der Waals surface area contributed by atoms with Crippen LogP contribution in [0.3, 0.4) is 0 Å². The van der Waals surface area contributed by atoms with Crippen molar-refractivity contribution in [3.05, 3.63) is 23.5 Å². The van der Waals surface area contributed by atoms with Crippen molar-refractivity contribution in [2.45, 2.75) is 90.4 Å². The minimum absolute atomic E-state index is 0.0381. The number of hydrogen-bond donors (Lipinski definition) is 3. The van der Waals surface area contributed by atoms with Crippen molar-refractivity contribution in [2.24, 2.45) is 28.6 Å². The molecule has 0 unspecified atom stereocenters. The molecular formula is C25H38O5. The Balaban J connectivity index is 1.58. The fourth-order valence-corrected chi connectivity index (χ4v) is 7.44. The van der Waals surface area contributed by atoms with Crippen molar-refractivity contribution >= 4 is 5.97 Å². The predicted octanol–water partition coefficient (Wildman–Crippen LogP) is 3.37. The molecule has 30 heavy (non-hydrogen) atoms. The van der Waals surface area contributed by atoms with Crippen LogP contribution >= 0.6 is 0 Å². The Morgan fingerprint density at radius 3 is 2.67 bits per heavy atom. The van der Waals surface area contributed by atoms with Gasteiger partial charge in [0.2, 0.25) is 0 Å². The third-order valence-corrected chi connectivity index (χ3v) is 9.17. The number of carbonyl (C=O) groups excluding carboxylic acids is 1. The van der Waals surface area contributed by atoms with Gasteiger partial charge in [0, 0.05) is 18.3 Å². The third kappa shape index (κ3) is 3.36. The van der Waals surface area contributed by atoms with E-state index in [9.17, 15) is 20.1 Å². The van der Waals surface area contributed by atoms with Crippen LogP contribution in [0.2, 0.25) is 0 Å². The van der Waals surface area contributed by atoms with E-state index in [1.165, 1.54) is 18.6 Å². The zero-order valence-electron chi connectivity index (χ0n) is 18.9. The SMILES string of the molecule is COC(=O)CC[C@@H](C)C1=C[C@H](O)[C]2[C@H]3[C](CC[C@@]21C)[C@@]1(C)CC[C@@H](O)C[C@H]1C[C@H]3O. The van der Waals surface area contributed by atoms with E-state index in [0.29, 0.717) is 25.2 Å². The van der Waals surface area contributed by atoms with E-state index in [-0.39, 0.29) is 34.7 Å². The first-order chi connectivity index (χ1) is 14.1. The summed E-state index contributed by atoms with van der Waals surface area (Å²) in [5.41, 5.74) is 1.02. The maximum atomic E-state index is 11.6. The summed E-state index contributed by atoms with van der Waals surface area (Å²) in [5, 5.41) is 32.6. The number of fused-ring (bicyclic) bond motifs is 5. The highest BCUT2D eigenvalue weighted by atomic mass is 16.5. The van der Waals surface area contributed by atoms with Gasteiger partial charge in [-0.15, -0.1) is 0 Å². The van der Waals surface area contributed by atoms with Crippen molar-refractivity contribution in [3.8, 4) is 0 Å². The zero-order chi connectivity index (χ0) is 21.8. The van der Waals surface area contributed by atoms with Crippen LogP contribution in [-0.4, -0.2) is 46.7 Å². The Morgan fingerprint density at radius 2 is 1.97 bits per heavy atom. The molecular weight excluding hydrogens is 380 g/mol. The molecule has 0 aliphatic heterocycles. The number of hydrogen-bond acceptors (Lipinski definition) is 5. The number of allylic oxidation sites excluding steroid dienone is 1. The normalized spacial score (nSPS) is 45.2. The number of aliphatic hydroxyl groups is 3. The second kappa shape index (κ2) is 7.90. The first-order valence-corrected chi connectivity index (χ1v) is 11.7. The number of aliphatic hydroxyl groups excluding tert-OH is 3. The van der Waals surface area contributed by atoms with Crippen LogP contribution in [0, 0.1) is 40.4 Å². The second-order valence-electron chi connectivity index (χ2n) is 10.7. The van der Waals surface area contributed by atoms with Gasteiger partial charge in [-0.05, 0) is 73.5 Å². The molecule has 4 aliphatic carbocycles. The van der Waals surface area contributed by atoms with E-state index in [1.54, 1.807) is 0 Å². The number of methoxy groups -OCH3 is 1. The minimum Gasteiger partial charge on any atom is -0.469 e. The Labute approximate surface area is 180 Å². The fraction of sp³-hybridized carbons (Fsp3) is 0.800. The molecule has 3 N–H and O–H groups in total. The van der Waals surface area contributed by atoms with Gasteiger partial charge in [-0.25, -0.2) is 0 Å². The van der Waals surface area contributed by atoms with Gasteiger partial charge in [0.05, 0.1) is 25.4 Å². The van der Waals surface area contributed by atoms with Crippen LogP contribution in [0.1, 0.15) is 72.1 Å². The summed E-state index contributed by atoms with van der Waals surface area (Å²) in [6.45, 7) is 6.68. The highest BCUT2D eigenvalue weighted by Crippen LogP contribution is 2.68. The molecule has 8 atom stereocenters. The van der Waals surface area contributed by atoms with E-state index >= 15 is 0 Å². The van der Waals surface area contributed by atoms with Crippen LogP contribution in [0.4, 0.5) is 0 Å². The van der Waals surface area contributed by atoms with Gasteiger partial charge in [0.25, 0.3) is 0 Å². The molecule has 168 valence electrons. The van der Waals surface area contributed by atoms with Crippen molar-refractivity contribution in [1.82, 2.24) is 0 Å². The maximum Gasteiger partial charge on any atom is 0.305 e. The summed E-state index contributed by atoms with van der Waals surface area (Å²) >= 11 is 0. The summed E-state index contributed by atoms with van der Waals surface area (Å²) in [4.78, 5) is 11.6. The highest BCUT2D eigenvalue weighted by molar-refractivity contribution is 5.69. The van der Waals surface area contributed by atoms with Gasteiger partial charge in [-0.3, -0.25) is 4.79 Å². The smallest absolute Gasteiger partial charge is 0.305 e. The van der Waals surface area contributed by atoms with E-state index in [1.807, 2.05) is 6.08 Å². The summed E-state index contributed by atoms with van der Waals surface area (Å²) in [5.74, 6) is 2.70. The zero-order valence-corrected chi connectivity index (χ0v) is 18.9. The molecule has 0 bridgehead atoms. The van der Waals surface area contributed by atoms with Crippen LogP contribution in [0.5, 0.6) is 0 Å².